The molecule has 106 valence electrons. The van der Waals surface area contributed by atoms with Crippen molar-refractivity contribution in [2.75, 3.05) is 6.54 Å². The summed E-state index contributed by atoms with van der Waals surface area (Å²) in [5.74, 6) is -1.40. The number of hydrogen-bond donors (Lipinski definition) is 2. The molecule has 1 saturated heterocycles. The Morgan fingerprint density at radius 2 is 2.05 bits per heavy atom. The van der Waals surface area contributed by atoms with Gasteiger partial charge in [-0.15, -0.1) is 0 Å². The van der Waals surface area contributed by atoms with Crippen LogP contribution in [0.5, 0.6) is 0 Å². The van der Waals surface area contributed by atoms with Gasteiger partial charge in [-0.2, -0.15) is 0 Å². The van der Waals surface area contributed by atoms with Crippen molar-refractivity contribution in [3.05, 3.63) is 0 Å². The normalized spacial score (nSPS) is 21.6. The van der Waals surface area contributed by atoms with Gasteiger partial charge in [-0.3, -0.25) is 19.7 Å². The summed E-state index contributed by atoms with van der Waals surface area (Å²) in [6.45, 7) is 6.42. The van der Waals surface area contributed by atoms with Crippen LogP contribution in [-0.4, -0.2) is 39.7 Å². The van der Waals surface area contributed by atoms with Crippen LogP contribution in [0.4, 0.5) is 0 Å². The van der Waals surface area contributed by atoms with Crippen molar-refractivity contribution in [3.63, 3.8) is 0 Å². The molecule has 1 fully saturated rings. The van der Waals surface area contributed by atoms with E-state index >= 15 is 0 Å². The first-order chi connectivity index (χ1) is 8.57. The average molecular weight is 285 g/mol. The molecular formula is C12H19N3O3S. The van der Waals surface area contributed by atoms with Crippen LogP contribution in [0.1, 0.15) is 34.1 Å². The van der Waals surface area contributed by atoms with Gasteiger partial charge in [-0.25, -0.2) is 0 Å². The van der Waals surface area contributed by atoms with Gasteiger partial charge in [-0.05, 0) is 27.2 Å². The highest BCUT2D eigenvalue weighted by atomic mass is 32.1. The number of piperazine rings is 1. The lowest BCUT2D eigenvalue weighted by atomic mass is 9.83. The number of nitrogens with one attached hydrogen (secondary N) is 1. The van der Waals surface area contributed by atoms with E-state index in [1.54, 1.807) is 27.7 Å². The quantitative estimate of drug-likeness (QED) is 0.560. The van der Waals surface area contributed by atoms with Gasteiger partial charge in [0.1, 0.15) is 12.1 Å². The molecule has 0 aromatic heterocycles. The molecular weight excluding hydrogens is 266 g/mol. The summed E-state index contributed by atoms with van der Waals surface area (Å²) in [4.78, 5) is 37.2. The van der Waals surface area contributed by atoms with Gasteiger partial charge in [0.15, 0.2) is 0 Å². The first kappa shape index (κ1) is 15.6. The maximum absolute atomic E-state index is 12.6. The van der Waals surface area contributed by atoms with E-state index < -0.39 is 28.7 Å². The minimum Gasteiger partial charge on any atom is -0.392 e. The van der Waals surface area contributed by atoms with Crippen molar-refractivity contribution >= 4 is 34.9 Å². The number of amides is 3. The molecule has 0 aromatic carbocycles. The summed E-state index contributed by atoms with van der Waals surface area (Å²) in [6, 6.07) is 0. The van der Waals surface area contributed by atoms with Gasteiger partial charge in [0, 0.05) is 0 Å². The fourth-order valence-corrected chi connectivity index (χ4v) is 2.07. The molecule has 1 aliphatic rings. The Kier molecular flexibility index (Phi) is 4.00. The molecule has 1 unspecified atom stereocenters. The molecule has 7 heteroatoms. The Morgan fingerprint density at radius 3 is 2.47 bits per heavy atom. The van der Waals surface area contributed by atoms with Crippen LogP contribution in [0.3, 0.4) is 0 Å². The van der Waals surface area contributed by atoms with Crippen LogP contribution >= 0.6 is 12.2 Å². The van der Waals surface area contributed by atoms with Crippen molar-refractivity contribution < 1.29 is 14.4 Å². The second-order valence-electron chi connectivity index (χ2n) is 5.38. The van der Waals surface area contributed by atoms with Crippen LogP contribution in [0.2, 0.25) is 0 Å². The molecule has 0 saturated carbocycles. The number of thiocarbonyl (C=S) groups is 1. The molecule has 6 nitrogen and oxygen atoms in total. The molecule has 0 spiro atoms. The first-order valence-electron chi connectivity index (χ1n) is 6.03. The minimum absolute atomic E-state index is 0.0641. The maximum atomic E-state index is 12.6. The number of imide groups is 1. The predicted molar refractivity (Wildman–Crippen MR) is 74.1 cm³/mol. The molecule has 1 aliphatic heterocycles. The first-order valence-corrected chi connectivity index (χ1v) is 6.44. The van der Waals surface area contributed by atoms with Crippen LogP contribution in [-0.2, 0) is 14.4 Å². The summed E-state index contributed by atoms with van der Waals surface area (Å²) in [5, 5.41) is 2.22. The zero-order valence-corrected chi connectivity index (χ0v) is 12.4. The Morgan fingerprint density at radius 1 is 1.53 bits per heavy atom. The largest absolute Gasteiger partial charge is 0.392 e. The molecule has 1 atom stereocenters. The van der Waals surface area contributed by atoms with E-state index in [-0.39, 0.29) is 11.5 Å². The minimum atomic E-state index is -1.10. The molecule has 1 rings (SSSR count). The van der Waals surface area contributed by atoms with Gasteiger partial charge in [-0.1, -0.05) is 19.1 Å². The molecule has 0 bridgehead atoms. The fraction of sp³-hybridized carbons (Fsp3) is 0.667. The number of nitrogens with two attached hydrogens (primary N) is 1. The Balaban J connectivity index is 3.19. The second-order valence-corrected chi connectivity index (χ2v) is 5.82. The van der Waals surface area contributed by atoms with E-state index in [1.807, 2.05) is 0 Å². The summed E-state index contributed by atoms with van der Waals surface area (Å²) in [6.07, 6.45) is 0.406. The number of carbonyl (C=O) groups excluding carboxylic acids is 3. The number of rotatable bonds is 3. The highest BCUT2D eigenvalue weighted by molar-refractivity contribution is 7.80. The van der Waals surface area contributed by atoms with E-state index in [0.29, 0.717) is 6.42 Å². The SMILES string of the molecule is CCC(C)(C(=O)N1CC(=O)NC(=O)C1(C)C)C(N)=S. The third-order valence-corrected chi connectivity index (χ3v) is 4.20. The van der Waals surface area contributed by atoms with Crippen LogP contribution in [0, 0.1) is 5.41 Å². The number of carbonyl (C=O) groups is 3. The Bertz CT molecular complexity index is 461. The fourth-order valence-electron chi connectivity index (χ4n) is 1.84. The standard InChI is InChI=1S/C12H19N3O3S/c1-5-12(4,8(13)19)10(18)15-6-7(16)14-9(17)11(15,2)3/h5-6H2,1-4H3,(H2,13,19)(H,14,16,17). The van der Waals surface area contributed by atoms with Gasteiger partial charge < -0.3 is 10.6 Å². The third kappa shape index (κ3) is 2.47. The summed E-state index contributed by atoms with van der Waals surface area (Å²) >= 11 is 4.95. The van der Waals surface area contributed by atoms with Crippen molar-refractivity contribution in [2.45, 2.75) is 39.7 Å². The van der Waals surface area contributed by atoms with Gasteiger partial charge in [0.2, 0.25) is 11.8 Å². The smallest absolute Gasteiger partial charge is 0.252 e. The maximum Gasteiger partial charge on any atom is 0.252 e. The van der Waals surface area contributed by atoms with Crippen LogP contribution < -0.4 is 11.1 Å². The highest BCUT2D eigenvalue weighted by Gasteiger charge is 2.49. The summed E-state index contributed by atoms with van der Waals surface area (Å²) in [5.41, 5.74) is 3.49. The Hall–Kier alpha value is -1.50. The average Bonchev–Trinajstić information content (AvgIpc) is 2.31. The summed E-state index contributed by atoms with van der Waals surface area (Å²) < 4.78 is 0. The van der Waals surface area contributed by atoms with E-state index in [1.165, 1.54) is 4.90 Å². The molecule has 3 N–H and O–H groups in total. The predicted octanol–water partition coefficient (Wildman–Crippen LogP) is -0.0476. The molecule has 0 aromatic rings. The van der Waals surface area contributed by atoms with Crippen LogP contribution in [0.15, 0.2) is 0 Å². The lowest BCUT2D eigenvalue weighted by Crippen LogP contribution is -2.68. The molecule has 0 aliphatic carbocycles. The van der Waals surface area contributed by atoms with Crippen molar-refractivity contribution in [2.24, 2.45) is 11.1 Å². The Labute approximate surface area is 117 Å². The van der Waals surface area contributed by atoms with E-state index in [0.717, 1.165) is 0 Å². The molecule has 3 amide bonds. The topological polar surface area (TPSA) is 92.5 Å². The zero-order valence-electron chi connectivity index (χ0n) is 11.6. The van der Waals surface area contributed by atoms with E-state index in [4.69, 9.17) is 18.0 Å². The zero-order chi connectivity index (χ0) is 15.0. The number of hydrogen-bond acceptors (Lipinski definition) is 4. The lowest BCUT2D eigenvalue weighted by Gasteiger charge is -2.44. The summed E-state index contributed by atoms with van der Waals surface area (Å²) in [7, 11) is 0. The monoisotopic (exact) mass is 285 g/mol. The van der Waals surface area contributed by atoms with Crippen molar-refractivity contribution in [1.29, 1.82) is 0 Å². The number of nitrogens with zero attached hydrogens (tertiary/aromatic N) is 1. The van der Waals surface area contributed by atoms with E-state index in [9.17, 15) is 14.4 Å². The molecule has 1 heterocycles. The van der Waals surface area contributed by atoms with Crippen LogP contribution in [0.25, 0.3) is 0 Å². The lowest BCUT2D eigenvalue weighted by molar-refractivity contribution is -0.159. The van der Waals surface area contributed by atoms with Crippen molar-refractivity contribution in [3.8, 4) is 0 Å². The van der Waals surface area contributed by atoms with Crippen molar-refractivity contribution in [1.82, 2.24) is 10.2 Å². The second kappa shape index (κ2) is 4.88. The van der Waals surface area contributed by atoms with Gasteiger partial charge in [0.25, 0.3) is 5.91 Å². The molecule has 0 radical (unpaired) electrons. The third-order valence-electron chi connectivity index (χ3n) is 3.75. The van der Waals surface area contributed by atoms with E-state index in [2.05, 4.69) is 5.32 Å². The highest BCUT2D eigenvalue weighted by Crippen LogP contribution is 2.30. The van der Waals surface area contributed by atoms with Gasteiger partial charge in [0.05, 0.1) is 10.4 Å². The van der Waals surface area contributed by atoms with Gasteiger partial charge >= 0.3 is 0 Å². The molecule has 19 heavy (non-hydrogen) atoms.